The maximum Gasteiger partial charge on any atom is 0.348 e. The van der Waals surface area contributed by atoms with Crippen LogP contribution < -0.4 is 5.73 Å². The Morgan fingerprint density at radius 2 is 2.06 bits per heavy atom. The van der Waals surface area contributed by atoms with E-state index in [0.717, 1.165) is 5.56 Å². The Morgan fingerprint density at radius 3 is 2.67 bits per heavy atom. The lowest BCUT2D eigenvalue weighted by atomic mass is 10.1. The van der Waals surface area contributed by atoms with Gasteiger partial charge in [0, 0.05) is 0 Å². The molecule has 0 spiro atoms. The Morgan fingerprint density at radius 1 is 1.39 bits per heavy atom. The minimum Gasteiger partial charge on any atom is -0.462 e. The Bertz CT molecular complexity index is 507. The molecule has 0 aromatic heterocycles. The standard InChI is InChI=1S/C13H13NO4/c1-2-17-12(15)9-10(14)11(18-13(9)16)8-6-4-3-5-7-8/h3-7,11H,2,14H2,1H3. The summed E-state index contributed by atoms with van der Waals surface area (Å²) >= 11 is 0. The summed E-state index contributed by atoms with van der Waals surface area (Å²) in [5.74, 6) is -1.47. The lowest BCUT2D eigenvalue weighted by Gasteiger charge is -2.10. The SMILES string of the molecule is CCOC(=O)C1=C(N)C(c2ccccc2)OC1=O. The smallest absolute Gasteiger partial charge is 0.348 e. The van der Waals surface area contributed by atoms with Gasteiger partial charge in [0.2, 0.25) is 0 Å². The van der Waals surface area contributed by atoms with Crippen LogP contribution in [0.15, 0.2) is 41.6 Å². The maximum absolute atomic E-state index is 11.6. The fraction of sp³-hybridized carbons (Fsp3) is 0.231. The fourth-order valence-electron chi connectivity index (χ4n) is 1.76. The monoisotopic (exact) mass is 247 g/mol. The molecular formula is C13H13NO4. The summed E-state index contributed by atoms with van der Waals surface area (Å²) in [5, 5.41) is 0. The minimum atomic E-state index is -0.738. The van der Waals surface area contributed by atoms with Gasteiger partial charge in [-0.15, -0.1) is 0 Å². The Balaban J connectivity index is 2.33. The van der Waals surface area contributed by atoms with Crippen molar-refractivity contribution in [1.29, 1.82) is 0 Å². The van der Waals surface area contributed by atoms with E-state index in [-0.39, 0.29) is 17.9 Å². The van der Waals surface area contributed by atoms with Crippen molar-refractivity contribution in [3.8, 4) is 0 Å². The molecule has 2 N–H and O–H groups in total. The van der Waals surface area contributed by atoms with E-state index in [0.29, 0.717) is 0 Å². The summed E-state index contributed by atoms with van der Waals surface area (Å²) in [6, 6.07) is 9.00. The summed E-state index contributed by atoms with van der Waals surface area (Å²) in [4.78, 5) is 23.2. The zero-order valence-corrected chi connectivity index (χ0v) is 9.88. The second kappa shape index (κ2) is 4.91. The molecule has 2 rings (SSSR count). The third-order valence-corrected chi connectivity index (χ3v) is 2.58. The van der Waals surface area contributed by atoms with Crippen LogP contribution in [-0.2, 0) is 19.1 Å². The van der Waals surface area contributed by atoms with E-state index in [1.54, 1.807) is 31.2 Å². The highest BCUT2D eigenvalue weighted by Crippen LogP contribution is 2.32. The fourth-order valence-corrected chi connectivity index (χ4v) is 1.76. The summed E-state index contributed by atoms with van der Waals surface area (Å²) < 4.78 is 9.87. The molecule has 1 aromatic carbocycles. The van der Waals surface area contributed by atoms with Crippen molar-refractivity contribution in [2.75, 3.05) is 6.61 Å². The van der Waals surface area contributed by atoms with Crippen LogP contribution in [0.25, 0.3) is 0 Å². The zero-order chi connectivity index (χ0) is 13.1. The van der Waals surface area contributed by atoms with Crippen molar-refractivity contribution in [1.82, 2.24) is 0 Å². The number of hydrogen-bond donors (Lipinski definition) is 1. The van der Waals surface area contributed by atoms with Crippen LogP contribution in [0.4, 0.5) is 0 Å². The molecule has 0 radical (unpaired) electrons. The van der Waals surface area contributed by atoms with Gasteiger partial charge >= 0.3 is 11.9 Å². The Kier molecular flexibility index (Phi) is 3.32. The number of rotatable bonds is 3. The van der Waals surface area contributed by atoms with Crippen molar-refractivity contribution in [3.63, 3.8) is 0 Å². The first-order valence-corrected chi connectivity index (χ1v) is 5.57. The number of carbonyl (C=O) groups is 2. The predicted molar refractivity (Wildman–Crippen MR) is 63.1 cm³/mol. The molecule has 0 fully saturated rings. The van der Waals surface area contributed by atoms with Gasteiger partial charge in [0.1, 0.15) is 0 Å². The summed E-state index contributed by atoms with van der Waals surface area (Å²) in [7, 11) is 0. The van der Waals surface area contributed by atoms with Crippen molar-refractivity contribution < 1.29 is 19.1 Å². The average Bonchev–Trinajstić information content (AvgIpc) is 2.66. The van der Waals surface area contributed by atoms with Crippen LogP contribution in [-0.4, -0.2) is 18.5 Å². The van der Waals surface area contributed by atoms with Crippen molar-refractivity contribution in [3.05, 3.63) is 47.2 Å². The number of esters is 2. The number of carbonyl (C=O) groups excluding carboxylic acids is 2. The lowest BCUT2D eigenvalue weighted by Crippen LogP contribution is -2.16. The third-order valence-electron chi connectivity index (χ3n) is 2.58. The highest BCUT2D eigenvalue weighted by molar-refractivity contribution is 6.16. The van der Waals surface area contributed by atoms with Gasteiger partial charge in [-0.25, -0.2) is 9.59 Å². The van der Waals surface area contributed by atoms with Crippen LogP contribution in [0.2, 0.25) is 0 Å². The second-order valence-electron chi connectivity index (χ2n) is 3.75. The number of cyclic esters (lactones) is 1. The molecule has 1 unspecified atom stereocenters. The average molecular weight is 247 g/mol. The van der Waals surface area contributed by atoms with Crippen LogP contribution in [0.1, 0.15) is 18.6 Å². The maximum atomic E-state index is 11.6. The molecule has 1 aliphatic heterocycles. The molecule has 0 aliphatic carbocycles. The van der Waals surface area contributed by atoms with Crippen LogP contribution >= 0.6 is 0 Å². The number of ether oxygens (including phenoxy) is 2. The van der Waals surface area contributed by atoms with E-state index in [1.807, 2.05) is 6.07 Å². The van der Waals surface area contributed by atoms with Crippen LogP contribution in [0.5, 0.6) is 0 Å². The van der Waals surface area contributed by atoms with E-state index in [1.165, 1.54) is 0 Å². The third kappa shape index (κ3) is 2.07. The zero-order valence-electron chi connectivity index (χ0n) is 9.88. The van der Waals surface area contributed by atoms with Gasteiger partial charge in [0.15, 0.2) is 11.7 Å². The summed E-state index contributed by atoms with van der Waals surface area (Å²) in [5.41, 5.74) is 6.43. The van der Waals surface area contributed by atoms with Crippen molar-refractivity contribution in [2.24, 2.45) is 5.73 Å². The number of benzene rings is 1. The van der Waals surface area contributed by atoms with Crippen LogP contribution in [0.3, 0.4) is 0 Å². The minimum absolute atomic E-state index is 0.102. The molecule has 18 heavy (non-hydrogen) atoms. The van der Waals surface area contributed by atoms with Gasteiger partial charge in [-0.3, -0.25) is 0 Å². The topological polar surface area (TPSA) is 78.6 Å². The second-order valence-corrected chi connectivity index (χ2v) is 3.75. The molecule has 1 atom stereocenters. The van der Waals surface area contributed by atoms with Gasteiger partial charge < -0.3 is 15.2 Å². The molecule has 0 amide bonds. The van der Waals surface area contributed by atoms with E-state index >= 15 is 0 Å². The molecular weight excluding hydrogens is 234 g/mol. The molecule has 0 bridgehead atoms. The Hall–Kier alpha value is -2.30. The molecule has 1 aromatic rings. The number of hydrogen-bond acceptors (Lipinski definition) is 5. The van der Waals surface area contributed by atoms with Crippen molar-refractivity contribution in [2.45, 2.75) is 13.0 Å². The van der Waals surface area contributed by atoms with E-state index in [9.17, 15) is 9.59 Å². The van der Waals surface area contributed by atoms with Gasteiger partial charge in [-0.1, -0.05) is 30.3 Å². The van der Waals surface area contributed by atoms with Gasteiger partial charge in [0.25, 0.3) is 0 Å². The lowest BCUT2D eigenvalue weighted by molar-refractivity contribution is -0.146. The predicted octanol–water partition coefficient (Wildman–Crippen LogP) is 1.06. The summed E-state index contributed by atoms with van der Waals surface area (Å²) in [6.07, 6.45) is -0.710. The Labute approximate surface area is 104 Å². The van der Waals surface area contributed by atoms with E-state index in [4.69, 9.17) is 15.2 Å². The highest BCUT2D eigenvalue weighted by Gasteiger charge is 2.38. The molecule has 0 saturated carbocycles. The molecule has 5 heteroatoms. The first-order valence-electron chi connectivity index (χ1n) is 5.57. The van der Waals surface area contributed by atoms with Gasteiger partial charge in [0.05, 0.1) is 12.3 Å². The largest absolute Gasteiger partial charge is 0.462 e. The van der Waals surface area contributed by atoms with Crippen molar-refractivity contribution >= 4 is 11.9 Å². The van der Waals surface area contributed by atoms with E-state index in [2.05, 4.69) is 0 Å². The van der Waals surface area contributed by atoms with E-state index < -0.39 is 18.0 Å². The quantitative estimate of drug-likeness (QED) is 0.638. The molecule has 1 heterocycles. The first-order chi connectivity index (χ1) is 8.65. The number of nitrogens with two attached hydrogens (primary N) is 1. The van der Waals surface area contributed by atoms with Gasteiger partial charge in [-0.05, 0) is 12.5 Å². The summed E-state index contributed by atoms with van der Waals surface area (Å²) in [6.45, 7) is 1.84. The van der Waals surface area contributed by atoms with Crippen LogP contribution in [0, 0.1) is 0 Å². The molecule has 94 valence electrons. The molecule has 5 nitrogen and oxygen atoms in total. The molecule has 0 saturated heterocycles. The first kappa shape index (κ1) is 12.2. The molecule has 1 aliphatic rings. The van der Waals surface area contributed by atoms with Gasteiger partial charge in [-0.2, -0.15) is 0 Å². The highest BCUT2D eigenvalue weighted by atomic mass is 16.6. The normalized spacial score (nSPS) is 18.7.